The molecule has 0 aliphatic heterocycles. The number of nitrogens with one attached hydrogen (secondary N) is 1. The van der Waals surface area contributed by atoms with Crippen molar-refractivity contribution in [1.29, 1.82) is 0 Å². The van der Waals surface area contributed by atoms with E-state index in [9.17, 15) is 0 Å². The molecule has 2 saturated carbocycles. The summed E-state index contributed by atoms with van der Waals surface area (Å²) in [5.41, 5.74) is 0. The Morgan fingerprint density at radius 2 is 1.82 bits per heavy atom. The summed E-state index contributed by atoms with van der Waals surface area (Å²) in [7, 11) is 0. The Bertz CT molecular complexity index is 219. The smallest absolute Gasteiger partial charge is 0.0221 e. The van der Waals surface area contributed by atoms with Gasteiger partial charge in [-0.05, 0) is 50.5 Å². The van der Waals surface area contributed by atoms with E-state index in [1.54, 1.807) is 0 Å². The molecule has 1 N–H and O–H groups in total. The second-order valence-corrected chi connectivity index (χ2v) is 6.49. The highest BCUT2D eigenvalue weighted by molar-refractivity contribution is 4.92. The Morgan fingerprint density at radius 1 is 1.12 bits per heavy atom. The van der Waals surface area contributed by atoms with Crippen molar-refractivity contribution in [2.45, 2.75) is 65.0 Å². The van der Waals surface area contributed by atoms with E-state index in [1.807, 2.05) is 0 Å². The Hall–Kier alpha value is -0.0800. The summed E-state index contributed by atoms with van der Waals surface area (Å²) in [6.07, 6.45) is 7.17. The normalized spacial score (nSPS) is 22.4. The van der Waals surface area contributed by atoms with Gasteiger partial charge in [-0.15, -0.1) is 0 Å². The predicted octanol–water partition coefficient (Wildman–Crippen LogP) is 2.89. The van der Waals surface area contributed by atoms with Gasteiger partial charge < -0.3 is 5.32 Å². The van der Waals surface area contributed by atoms with Crippen molar-refractivity contribution in [3.05, 3.63) is 0 Å². The van der Waals surface area contributed by atoms with E-state index in [4.69, 9.17) is 0 Å². The molecule has 0 aromatic rings. The minimum atomic E-state index is 0.769. The molecule has 2 nitrogen and oxygen atoms in total. The van der Waals surface area contributed by atoms with Gasteiger partial charge >= 0.3 is 0 Å². The zero-order chi connectivity index (χ0) is 12.3. The number of rotatable bonds is 9. The predicted molar refractivity (Wildman–Crippen MR) is 74.2 cm³/mol. The minimum Gasteiger partial charge on any atom is -0.315 e. The summed E-state index contributed by atoms with van der Waals surface area (Å²) >= 11 is 0. The third kappa shape index (κ3) is 4.59. The van der Waals surface area contributed by atoms with Crippen molar-refractivity contribution in [2.24, 2.45) is 11.8 Å². The molecule has 2 heteroatoms. The fraction of sp³-hybridized carbons (Fsp3) is 1.00. The first-order chi connectivity index (χ1) is 8.20. The van der Waals surface area contributed by atoms with Crippen LogP contribution in [0.1, 0.15) is 52.9 Å². The van der Waals surface area contributed by atoms with Crippen LogP contribution in [0.25, 0.3) is 0 Å². The maximum atomic E-state index is 3.65. The Balaban J connectivity index is 1.75. The van der Waals surface area contributed by atoms with E-state index in [0.29, 0.717) is 0 Å². The second-order valence-electron chi connectivity index (χ2n) is 6.49. The lowest BCUT2D eigenvalue weighted by atomic mass is 10.1. The lowest BCUT2D eigenvalue weighted by Gasteiger charge is -2.31. The van der Waals surface area contributed by atoms with E-state index >= 15 is 0 Å². The van der Waals surface area contributed by atoms with Gasteiger partial charge in [0.25, 0.3) is 0 Å². The highest BCUT2D eigenvalue weighted by Crippen LogP contribution is 2.36. The highest BCUT2D eigenvalue weighted by Gasteiger charge is 2.36. The summed E-state index contributed by atoms with van der Waals surface area (Å²) < 4.78 is 0. The number of nitrogens with zero attached hydrogens (tertiary/aromatic N) is 1. The molecule has 2 rings (SSSR count). The third-order valence-electron chi connectivity index (χ3n) is 4.05. The molecule has 1 unspecified atom stereocenters. The zero-order valence-electron chi connectivity index (χ0n) is 11.9. The van der Waals surface area contributed by atoms with E-state index in [0.717, 1.165) is 23.9 Å². The molecule has 0 radical (unpaired) electrons. The molecule has 0 amide bonds. The topological polar surface area (TPSA) is 15.3 Å². The summed E-state index contributed by atoms with van der Waals surface area (Å²) in [6, 6.07) is 1.71. The van der Waals surface area contributed by atoms with Crippen molar-refractivity contribution >= 4 is 0 Å². The molecule has 0 saturated heterocycles. The lowest BCUT2D eigenvalue weighted by molar-refractivity contribution is 0.168. The van der Waals surface area contributed by atoms with Crippen molar-refractivity contribution in [3.8, 4) is 0 Å². The molecule has 0 bridgehead atoms. The molecule has 0 heterocycles. The fourth-order valence-electron chi connectivity index (χ4n) is 2.64. The summed E-state index contributed by atoms with van der Waals surface area (Å²) in [5.74, 6) is 1.81. The fourth-order valence-corrected chi connectivity index (χ4v) is 2.64. The van der Waals surface area contributed by atoms with E-state index in [1.165, 1.54) is 51.7 Å². The van der Waals surface area contributed by atoms with Gasteiger partial charge in [0, 0.05) is 25.2 Å². The van der Waals surface area contributed by atoms with Crippen LogP contribution in [0.4, 0.5) is 0 Å². The Labute approximate surface area is 107 Å². The summed E-state index contributed by atoms with van der Waals surface area (Å²) in [5, 5.41) is 3.65. The van der Waals surface area contributed by atoms with Gasteiger partial charge in [-0.25, -0.2) is 0 Å². The first-order valence-corrected chi connectivity index (χ1v) is 7.67. The maximum Gasteiger partial charge on any atom is 0.0221 e. The average Bonchev–Trinajstić information content (AvgIpc) is 3.15. The molecule has 2 aliphatic rings. The molecule has 100 valence electrons. The van der Waals surface area contributed by atoms with Crippen LogP contribution in [0.3, 0.4) is 0 Å². The molecule has 17 heavy (non-hydrogen) atoms. The molecule has 2 fully saturated rings. The van der Waals surface area contributed by atoms with Gasteiger partial charge in [-0.2, -0.15) is 0 Å². The number of hydrogen-bond acceptors (Lipinski definition) is 2. The summed E-state index contributed by atoms with van der Waals surface area (Å²) in [4.78, 5) is 2.82. The zero-order valence-corrected chi connectivity index (χ0v) is 11.9. The van der Waals surface area contributed by atoms with Gasteiger partial charge in [-0.3, -0.25) is 4.90 Å². The monoisotopic (exact) mass is 238 g/mol. The summed E-state index contributed by atoms with van der Waals surface area (Å²) in [6.45, 7) is 10.7. The molecule has 0 aromatic carbocycles. The van der Waals surface area contributed by atoms with Crippen LogP contribution < -0.4 is 5.32 Å². The van der Waals surface area contributed by atoms with Crippen molar-refractivity contribution in [2.75, 3.05) is 19.6 Å². The van der Waals surface area contributed by atoms with Gasteiger partial charge in [0.2, 0.25) is 0 Å². The van der Waals surface area contributed by atoms with Gasteiger partial charge in [0.15, 0.2) is 0 Å². The van der Waals surface area contributed by atoms with Crippen molar-refractivity contribution < 1.29 is 0 Å². The van der Waals surface area contributed by atoms with Crippen LogP contribution in [0.15, 0.2) is 0 Å². The highest BCUT2D eigenvalue weighted by atomic mass is 15.2. The molecule has 2 aliphatic carbocycles. The van der Waals surface area contributed by atoms with E-state index in [2.05, 4.69) is 31.0 Å². The van der Waals surface area contributed by atoms with Gasteiger partial charge in [0.1, 0.15) is 0 Å². The van der Waals surface area contributed by atoms with Crippen molar-refractivity contribution in [1.82, 2.24) is 10.2 Å². The van der Waals surface area contributed by atoms with Crippen molar-refractivity contribution in [3.63, 3.8) is 0 Å². The van der Waals surface area contributed by atoms with Gasteiger partial charge in [0.05, 0.1) is 0 Å². The van der Waals surface area contributed by atoms with Crippen LogP contribution in [0, 0.1) is 11.8 Å². The van der Waals surface area contributed by atoms with E-state index < -0.39 is 0 Å². The molecule has 0 aromatic heterocycles. The van der Waals surface area contributed by atoms with Crippen LogP contribution in [-0.2, 0) is 0 Å². The van der Waals surface area contributed by atoms with E-state index in [-0.39, 0.29) is 0 Å². The lowest BCUT2D eigenvalue weighted by Crippen LogP contribution is -2.45. The molecular formula is C15H30N2. The Kier molecular flexibility index (Phi) is 4.87. The quantitative estimate of drug-likeness (QED) is 0.664. The average molecular weight is 238 g/mol. The maximum absolute atomic E-state index is 3.65. The Morgan fingerprint density at radius 3 is 2.29 bits per heavy atom. The minimum absolute atomic E-state index is 0.769. The van der Waals surface area contributed by atoms with Crippen LogP contribution >= 0.6 is 0 Å². The largest absolute Gasteiger partial charge is 0.315 e. The second kappa shape index (κ2) is 6.19. The first kappa shape index (κ1) is 13.4. The van der Waals surface area contributed by atoms with Gasteiger partial charge in [-0.1, -0.05) is 20.8 Å². The molecular weight excluding hydrogens is 208 g/mol. The molecule has 0 spiro atoms. The first-order valence-electron chi connectivity index (χ1n) is 7.67. The molecule has 1 atom stereocenters. The van der Waals surface area contributed by atoms with Crippen LogP contribution in [0.2, 0.25) is 0 Å². The number of hydrogen-bond donors (Lipinski definition) is 1. The van der Waals surface area contributed by atoms with Crippen LogP contribution in [0.5, 0.6) is 0 Å². The standard InChI is InChI=1S/C15H30N2/c1-4-14(10-16-9-12(2)3)17(15-7-8-15)11-13-5-6-13/h12-16H,4-11H2,1-3H3. The third-order valence-corrected chi connectivity index (χ3v) is 4.05. The van der Waals surface area contributed by atoms with Crippen LogP contribution in [-0.4, -0.2) is 36.6 Å². The SMILES string of the molecule is CCC(CNCC(C)C)N(CC1CC1)C1CC1.